The minimum Gasteiger partial charge on any atom is -0.296 e. The molecule has 2 aromatic heterocycles. The second kappa shape index (κ2) is 6.73. The lowest BCUT2D eigenvalue weighted by atomic mass is 9.76. The Morgan fingerprint density at radius 3 is 2.24 bits per heavy atom. The van der Waals surface area contributed by atoms with E-state index in [1.165, 1.54) is 21.9 Å². The highest BCUT2D eigenvalue weighted by Crippen LogP contribution is 2.49. The third kappa shape index (κ3) is 2.50. The van der Waals surface area contributed by atoms with Crippen LogP contribution in [0.4, 0.5) is 0 Å². The van der Waals surface area contributed by atoms with Gasteiger partial charge < -0.3 is 0 Å². The van der Waals surface area contributed by atoms with Crippen LogP contribution in [0.1, 0.15) is 30.7 Å². The quantitative estimate of drug-likeness (QED) is 0.298. The predicted octanol–water partition coefficient (Wildman–Crippen LogP) is 6.64. The number of benzene rings is 3. The summed E-state index contributed by atoms with van der Waals surface area (Å²) in [6.07, 6.45) is 1.69. The van der Waals surface area contributed by atoms with E-state index in [9.17, 15) is 10.5 Å². The third-order valence-electron chi connectivity index (χ3n) is 6.80. The summed E-state index contributed by atoms with van der Waals surface area (Å²) in [5, 5.41) is 21.4. The molecule has 3 aromatic carbocycles. The predicted molar refractivity (Wildman–Crippen MR) is 131 cm³/mol. The standard InChI is InChI=1S/C29H20N4/c1-29(2)24-13-8-12-23-22-11-6-7-14-26(22)33(27(23)24)28-25(29)16-21(15-19(17-30)18-31)32(28)20-9-4-3-5-10-20/h3-16H,1-2H3. The van der Waals surface area contributed by atoms with Gasteiger partial charge in [-0.15, -0.1) is 0 Å². The SMILES string of the molecule is CC1(C)c2cc(C=C(C#N)C#N)n(-c3ccccc3)c2-n2c3ccccc3c3cccc1c32. The van der Waals surface area contributed by atoms with Crippen LogP contribution in [0.2, 0.25) is 0 Å². The molecule has 0 amide bonds. The Morgan fingerprint density at radius 1 is 0.788 bits per heavy atom. The van der Waals surface area contributed by atoms with Crippen molar-refractivity contribution in [2.75, 3.05) is 0 Å². The molecule has 0 atom stereocenters. The van der Waals surface area contributed by atoms with Crippen LogP contribution >= 0.6 is 0 Å². The lowest BCUT2D eigenvalue weighted by Crippen LogP contribution is -2.26. The number of fused-ring (bicyclic) bond motifs is 5. The van der Waals surface area contributed by atoms with E-state index in [0.717, 1.165) is 28.3 Å². The number of hydrogen-bond acceptors (Lipinski definition) is 2. The Bertz CT molecular complexity index is 1680. The average Bonchev–Trinajstić information content (AvgIpc) is 3.38. The molecule has 0 fully saturated rings. The minimum absolute atomic E-state index is 0.0832. The van der Waals surface area contributed by atoms with Crippen LogP contribution in [0.25, 0.3) is 39.4 Å². The molecule has 3 heterocycles. The van der Waals surface area contributed by atoms with Gasteiger partial charge in [0.25, 0.3) is 0 Å². The monoisotopic (exact) mass is 424 g/mol. The molecule has 33 heavy (non-hydrogen) atoms. The summed E-state index contributed by atoms with van der Waals surface area (Å²) in [5.41, 5.74) is 6.41. The summed E-state index contributed by atoms with van der Waals surface area (Å²) in [7, 11) is 0. The Labute approximate surface area is 191 Å². The van der Waals surface area contributed by atoms with Crippen molar-refractivity contribution in [3.63, 3.8) is 0 Å². The zero-order valence-electron chi connectivity index (χ0n) is 18.4. The molecule has 0 aliphatic carbocycles. The van der Waals surface area contributed by atoms with Crippen molar-refractivity contribution in [2.45, 2.75) is 19.3 Å². The van der Waals surface area contributed by atoms with E-state index in [0.29, 0.717) is 0 Å². The zero-order valence-corrected chi connectivity index (χ0v) is 18.4. The number of rotatable bonds is 2. The van der Waals surface area contributed by atoms with Gasteiger partial charge in [-0.05, 0) is 35.9 Å². The number of nitriles is 2. The maximum absolute atomic E-state index is 9.47. The molecule has 1 aliphatic heterocycles. The van der Waals surface area contributed by atoms with Gasteiger partial charge in [-0.3, -0.25) is 9.13 Å². The maximum Gasteiger partial charge on any atom is 0.131 e. The number of allylic oxidation sites excluding steroid dienone is 1. The van der Waals surface area contributed by atoms with Crippen molar-refractivity contribution in [3.8, 4) is 23.6 Å². The normalized spacial score (nSPS) is 13.3. The number of nitrogens with zero attached hydrogens (tertiary/aromatic N) is 4. The minimum atomic E-state index is -0.263. The number of para-hydroxylation sites is 3. The topological polar surface area (TPSA) is 57.4 Å². The lowest BCUT2D eigenvalue weighted by Gasteiger charge is -2.33. The van der Waals surface area contributed by atoms with Gasteiger partial charge >= 0.3 is 0 Å². The van der Waals surface area contributed by atoms with E-state index < -0.39 is 0 Å². The summed E-state index contributed by atoms with van der Waals surface area (Å²) in [4.78, 5) is 0. The first kappa shape index (κ1) is 19.2. The van der Waals surface area contributed by atoms with Crippen LogP contribution in [-0.2, 0) is 5.41 Å². The van der Waals surface area contributed by atoms with E-state index in [-0.39, 0.29) is 11.0 Å². The molecule has 4 heteroatoms. The lowest BCUT2D eigenvalue weighted by molar-refractivity contribution is 0.627. The molecule has 0 radical (unpaired) electrons. The number of hydrogen-bond donors (Lipinski definition) is 0. The fourth-order valence-electron chi connectivity index (χ4n) is 5.28. The van der Waals surface area contributed by atoms with Gasteiger partial charge in [-0.2, -0.15) is 10.5 Å². The summed E-state index contributed by atoms with van der Waals surface area (Å²) in [5.74, 6) is 1.05. The van der Waals surface area contributed by atoms with Crippen molar-refractivity contribution in [1.82, 2.24) is 9.13 Å². The van der Waals surface area contributed by atoms with Gasteiger partial charge in [0.15, 0.2) is 0 Å². The summed E-state index contributed by atoms with van der Waals surface area (Å²) in [6.45, 7) is 4.50. The van der Waals surface area contributed by atoms with Crippen LogP contribution in [0.15, 0.2) is 84.4 Å². The van der Waals surface area contributed by atoms with E-state index in [2.05, 4.69) is 83.6 Å². The van der Waals surface area contributed by atoms with Crippen LogP contribution in [0.3, 0.4) is 0 Å². The van der Waals surface area contributed by atoms with E-state index >= 15 is 0 Å². The van der Waals surface area contributed by atoms with Crippen molar-refractivity contribution in [2.24, 2.45) is 0 Å². The highest BCUT2D eigenvalue weighted by atomic mass is 15.2. The highest BCUT2D eigenvalue weighted by molar-refractivity contribution is 6.11. The van der Waals surface area contributed by atoms with Gasteiger partial charge in [-0.1, -0.05) is 68.4 Å². The fraction of sp³-hybridized carbons (Fsp3) is 0.103. The van der Waals surface area contributed by atoms with Gasteiger partial charge in [-0.25, -0.2) is 0 Å². The van der Waals surface area contributed by atoms with E-state index in [1.54, 1.807) is 6.08 Å². The molecular formula is C29H20N4. The molecule has 5 aromatic rings. The van der Waals surface area contributed by atoms with Gasteiger partial charge in [0.1, 0.15) is 23.5 Å². The van der Waals surface area contributed by atoms with Crippen LogP contribution in [0, 0.1) is 22.7 Å². The van der Waals surface area contributed by atoms with Gasteiger partial charge in [0.2, 0.25) is 0 Å². The van der Waals surface area contributed by atoms with Crippen molar-refractivity contribution >= 4 is 27.9 Å². The summed E-state index contributed by atoms with van der Waals surface area (Å²) < 4.78 is 4.52. The average molecular weight is 425 g/mol. The molecular weight excluding hydrogens is 404 g/mol. The molecule has 0 bridgehead atoms. The van der Waals surface area contributed by atoms with Gasteiger partial charge in [0, 0.05) is 27.4 Å². The maximum atomic E-state index is 9.47. The molecule has 1 aliphatic rings. The third-order valence-corrected chi connectivity index (χ3v) is 6.80. The van der Waals surface area contributed by atoms with Crippen molar-refractivity contribution in [3.05, 3.63) is 101 Å². The molecule has 156 valence electrons. The van der Waals surface area contributed by atoms with Crippen LogP contribution in [0.5, 0.6) is 0 Å². The molecule has 0 saturated carbocycles. The molecule has 0 saturated heterocycles. The van der Waals surface area contributed by atoms with Crippen LogP contribution in [-0.4, -0.2) is 9.13 Å². The first-order valence-electron chi connectivity index (χ1n) is 10.9. The van der Waals surface area contributed by atoms with E-state index in [4.69, 9.17) is 0 Å². The molecule has 0 N–H and O–H groups in total. The molecule has 0 unspecified atom stereocenters. The zero-order chi connectivity index (χ0) is 22.7. The fourth-order valence-corrected chi connectivity index (χ4v) is 5.28. The van der Waals surface area contributed by atoms with Gasteiger partial charge in [0.05, 0.1) is 16.7 Å². The Morgan fingerprint density at radius 2 is 1.48 bits per heavy atom. The Hall–Kier alpha value is -4.54. The molecule has 6 rings (SSSR count). The smallest absolute Gasteiger partial charge is 0.131 e. The molecule has 4 nitrogen and oxygen atoms in total. The second-order valence-electron chi connectivity index (χ2n) is 8.94. The van der Waals surface area contributed by atoms with Crippen LogP contribution < -0.4 is 0 Å². The Balaban J connectivity index is 1.86. The first-order chi connectivity index (χ1) is 16.1. The summed E-state index contributed by atoms with van der Waals surface area (Å²) in [6, 6.07) is 31.4. The Kier molecular flexibility index (Phi) is 3.91. The highest BCUT2D eigenvalue weighted by Gasteiger charge is 2.38. The van der Waals surface area contributed by atoms with E-state index in [1.807, 2.05) is 30.3 Å². The number of aromatic nitrogens is 2. The first-order valence-corrected chi connectivity index (χ1v) is 10.9. The largest absolute Gasteiger partial charge is 0.296 e. The van der Waals surface area contributed by atoms with Crippen molar-refractivity contribution < 1.29 is 0 Å². The second-order valence-corrected chi connectivity index (χ2v) is 8.94. The summed E-state index contributed by atoms with van der Waals surface area (Å²) >= 11 is 0. The van der Waals surface area contributed by atoms with Crippen molar-refractivity contribution in [1.29, 1.82) is 10.5 Å². The molecule has 0 spiro atoms.